The van der Waals surface area contributed by atoms with Crippen molar-refractivity contribution in [1.29, 1.82) is 0 Å². The van der Waals surface area contributed by atoms with Gasteiger partial charge in [0.2, 0.25) is 0 Å². The average Bonchev–Trinajstić information content (AvgIpc) is 3.00. The first-order chi connectivity index (χ1) is 11.1. The Kier molecular flexibility index (Phi) is 4.76. The van der Waals surface area contributed by atoms with Crippen LogP contribution in [-0.4, -0.2) is 15.0 Å². The van der Waals surface area contributed by atoms with Crippen LogP contribution in [0.1, 0.15) is 36.8 Å². The fourth-order valence-electron chi connectivity index (χ4n) is 2.55. The lowest BCUT2D eigenvalue weighted by molar-refractivity contribution is 0.624. The molecule has 0 unspecified atom stereocenters. The van der Waals surface area contributed by atoms with Gasteiger partial charge in [-0.05, 0) is 35.7 Å². The number of imidazole rings is 1. The van der Waals surface area contributed by atoms with Crippen LogP contribution >= 0.6 is 11.8 Å². The van der Waals surface area contributed by atoms with Crippen LogP contribution in [0, 0.1) is 5.82 Å². The van der Waals surface area contributed by atoms with Gasteiger partial charge in [0.1, 0.15) is 11.6 Å². The number of hydrogen-bond acceptors (Lipinski definition) is 3. The lowest BCUT2D eigenvalue weighted by atomic mass is 9.99. The first-order valence-corrected chi connectivity index (χ1v) is 8.34. The summed E-state index contributed by atoms with van der Waals surface area (Å²) in [5.41, 5.74) is 2.20. The molecule has 23 heavy (non-hydrogen) atoms. The third-order valence-corrected chi connectivity index (χ3v) is 4.59. The summed E-state index contributed by atoms with van der Waals surface area (Å²) in [5, 5.41) is 0. The molecule has 0 aliphatic carbocycles. The molecule has 0 aliphatic rings. The van der Waals surface area contributed by atoms with Gasteiger partial charge in [-0.25, -0.2) is 9.37 Å². The van der Waals surface area contributed by atoms with E-state index in [-0.39, 0.29) is 5.82 Å². The second-order valence-electron chi connectivity index (χ2n) is 5.60. The Hall–Kier alpha value is -2.14. The molecule has 0 fully saturated rings. The van der Waals surface area contributed by atoms with Crippen LogP contribution in [0.3, 0.4) is 0 Å². The van der Waals surface area contributed by atoms with Crippen molar-refractivity contribution in [3.8, 4) is 0 Å². The van der Waals surface area contributed by atoms with Gasteiger partial charge in [-0.1, -0.05) is 31.7 Å². The van der Waals surface area contributed by atoms with E-state index in [0.717, 1.165) is 21.3 Å². The highest BCUT2D eigenvalue weighted by atomic mass is 32.2. The highest BCUT2D eigenvalue weighted by Crippen LogP contribution is 2.35. The number of nitrogens with zero attached hydrogens (tertiary/aromatic N) is 2. The maximum atomic E-state index is 13.4. The van der Waals surface area contributed by atoms with Crippen molar-refractivity contribution in [2.45, 2.75) is 36.0 Å². The smallest absolute Gasteiger partial charge is 0.124 e. The van der Waals surface area contributed by atoms with Crippen LogP contribution in [-0.2, 0) is 6.42 Å². The summed E-state index contributed by atoms with van der Waals surface area (Å²) in [7, 11) is 0. The van der Waals surface area contributed by atoms with Crippen LogP contribution in [0.4, 0.5) is 4.39 Å². The minimum Gasteiger partial charge on any atom is -0.348 e. The summed E-state index contributed by atoms with van der Waals surface area (Å²) in [6.45, 7) is 4.30. The van der Waals surface area contributed by atoms with Gasteiger partial charge in [0.15, 0.2) is 0 Å². The SMILES string of the molecule is CC(C)c1c(Sc2cccc(F)c2)ccnc1Cc1ncc[nH]1. The fourth-order valence-corrected chi connectivity index (χ4v) is 3.72. The summed E-state index contributed by atoms with van der Waals surface area (Å²) in [5.74, 6) is 1.00. The fraction of sp³-hybridized carbons (Fsp3) is 0.222. The van der Waals surface area contributed by atoms with Gasteiger partial charge < -0.3 is 4.98 Å². The molecule has 0 amide bonds. The Morgan fingerprint density at radius 2 is 2.04 bits per heavy atom. The van der Waals surface area contributed by atoms with Gasteiger partial charge in [-0.15, -0.1) is 0 Å². The predicted molar refractivity (Wildman–Crippen MR) is 90.2 cm³/mol. The molecule has 0 spiro atoms. The van der Waals surface area contributed by atoms with Gasteiger partial charge >= 0.3 is 0 Å². The number of rotatable bonds is 5. The van der Waals surface area contributed by atoms with E-state index in [2.05, 4.69) is 28.8 Å². The molecule has 118 valence electrons. The Morgan fingerprint density at radius 3 is 2.74 bits per heavy atom. The van der Waals surface area contributed by atoms with Gasteiger partial charge in [0.05, 0.1) is 5.69 Å². The maximum Gasteiger partial charge on any atom is 0.124 e. The van der Waals surface area contributed by atoms with Crippen molar-refractivity contribution in [2.75, 3.05) is 0 Å². The van der Waals surface area contributed by atoms with E-state index in [4.69, 9.17) is 0 Å². The Balaban J connectivity index is 1.96. The average molecular weight is 327 g/mol. The highest BCUT2D eigenvalue weighted by Gasteiger charge is 2.15. The van der Waals surface area contributed by atoms with Gasteiger partial charge in [0, 0.05) is 34.8 Å². The zero-order chi connectivity index (χ0) is 16.2. The highest BCUT2D eigenvalue weighted by molar-refractivity contribution is 7.99. The number of nitrogens with one attached hydrogen (secondary N) is 1. The first-order valence-electron chi connectivity index (χ1n) is 7.53. The summed E-state index contributed by atoms with van der Waals surface area (Å²) >= 11 is 1.57. The minimum absolute atomic E-state index is 0.217. The summed E-state index contributed by atoms with van der Waals surface area (Å²) in [4.78, 5) is 14.0. The zero-order valence-corrected chi connectivity index (χ0v) is 13.9. The molecular formula is C18H18FN3S. The zero-order valence-electron chi connectivity index (χ0n) is 13.1. The third kappa shape index (κ3) is 3.79. The van der Waals surface area contributed by atoms with E-state index in [1.807, 2.05) is 24.5 Å². The molecule has 1 N–H and O–H groups in total. The summed E-state index contributed by atoms with van der Waals surface area (Å²) in [6.07, 6.45) is 6.04. The standard InChI is InChI=1S/C18H18FN3S/c1-12(2)18-15(11-17-21-8-9-22-17)20-7-6-16(18)23-14-5-3-4-13(19)10-14/h3-10,12H,11H2,1-2H3,(H,21,22). The number of aromatic amines is 1. The van der Waals surface area contributed by atoms with Gasteiger partial charge in [0.25, 0.3) is 0 Å². The molecule has 0 aliphatic heterocycles. The van der Waals surface area contributed by atoms with E-state index in [1.54, 1.807) is 30.1 Å². The van der Waals surface area contributed by atoms with Crippen LogP contribution in [0.15, 0.2) is 58.7 Å². The van der Waals surface area contributed by atoms with Crippen molar-refractivity contribution >= 4 is 11.8 Å². The van der Waals surface area contributed by atoms with Crippen LogP contribution in [0.5, 0.6) is 0 Å². The maximum absolute atomic E-state index is 13.4. The van der Waals surface area contributed by atoms with Crippen molar-refractivity contribution in [3.05, 3.63) is 71.8 Å². The Bertz CT molecular complexity index is 785. The molecule has 3 rings (SSSR count). The van der Waals surface area contributed by atoms with Crippen molar-refractivity contribution < 1.29 is 4.39 Å². The number of hydrogen-bond donors (Lipinski definition) is 1. The number of halogens is 1. The molecule has 3 nitrogen and oxygen atoms in total. The molecule has 2 aromatic heterocycles. The molecule has 0 radical (unpaired) electrons. The molecule has 3 aromatic rings. The number of benzene rings is 1. The summed E-state index contributed by atoms with van der Waals surface area (Å²) < 4.78 is 13.4. The van der Waals surface area contributed by atoms with Crippen molar-refractivity contribution in [2.24, 2.45) is 0 Å². The second-order valence-corrected chi connectivity index (χ2v) is 6.71. The summed E-state index contributed by atoms with van der Waals surface area (Å²) in [6, 6.07) is 8.67. The first kappa shape index (κ1) is 15.7. The normalized spacial score (nSPS) is 11.1. The predicted octanol–water partition coefficient (Wildman–Crippen LogP) is 4.81. The van der Waals surface area contributed by atoms with Gasteiger partial charge in [-0.3, -0.25) is 4.98 Å². The Morgan fingerprint density at radius 1 is 1.17 bits per heavy atom. The van der Waals surface area contributed by atoms with Crippen LogP contribution < -0.4 is 0 Å². The second kappa shape index (κ2) is 6.96. The largest absolute Gasteiger partial charge is 0.348 e. The Labute approximate surface area is 139 Å². The van der Waals surface area contributed by atoms with E-state index in [1.165, 1.54) is 11.6 Å². The minimum atomic E-state index is -0.217. The van der Waals surface area contributed by atoms with Crippen molar-refractivity contribution in [3.63, 3.8) is 0 Å². The van der Waals surface area contributed by atoms with E-state index >= 15 is 0 Å². The van der Waals surface area contributed by atoms with Crippen molar-refractivity contribution in [1.82, 2.24) is 15.0 Å². The van der Waals surface area contributed by atoms with E-state index in [0.29, 0.717) is 12.3 Å². The molecule has 0 saturated heterocycles. The molecule has 0 saturated carbocycles. The monoisotopic (exact) mass is 327 g/mol. The van der Waals surface area contributed by atoms with E-state index < -0.39 is 0 Å². The molecule has 0 atom stereocenters. The molecule has 0 bridgehead atoms. The number of H-pyrrole nitrogens is 1. The quantitative estimate of drug-likeness (QED) is 0.731. The lowest BCUT2D eigenvalue weighted by Gasteiger charge is -2.16. The lowest BCUT2D eigenvalue weighted by Crippen LogP contribution is -2.04. The topological polar surface area (TPSA) is 41.6 Å². The third-order valence-electron chi connectivity index (χ3n) is 3.52. The van der Waals surface area contributed by atoms with Gasteiger partial charge in [-0.2, -0.15) is 0 Å². The van der Waals surface area contributed by atoms with Crippen LogP contribution in [0.2, 0.25) is 0 Å². The molecular weight excluding hydrogens is 309 g/mol. The number of aromatic nitrogens is 3. The molecule has 1 aromatic carbocycles. The number of pyridine rings is 1. The van der Waals surface area contributed by atoms with E-state index in [9.17, 15) is 4.39 Å². The van der Waals surface area contributed by atoms with Crippen LogP contribution in [0.25, 0.3) is 0 Å². The molecule has 5 heteroatoms. The molecule has 2 heterocycles.